The second-order valence-electron chi connectivity index (χ2n) is 10.4. The van der Waals surface area contributed by atoms with E-state index >= 15 is 0 Å². The average Bonchev–Trinajstić information content (AvgIpc) is 3.57. The van der Waals surface area contributed by atoms with Gasteiger partial charge in [-0.2, -0.15) is 23.4 Å². The normalized spacial score (nSPS) is 14.9. The summed E-state index contributed by atoms with van der Waals surface area (Å²) < 4.78 is 51.5. The summed E-state index contributed by atoms with van der Waals surface area (Å²) in [5, 5.41) is 17.6. The van der Waals surface area contributed by atoms with Crippen LogP contribution in [-0.2, 0) is 12.6 Å². The zero-order valence-corrected chi connectivity index (χ0v) is 23.2. The van der Waals surface area contributed by atoms with E-state index in [0.717, 1.165) is 11.2 Å². The van der Waals surface area contributed by atoms with Gasteiger partial charge in [-0.05, 0) is 86.8 Å². The number of fused-ring (bicyclic) bond motifs is 2. The Morgan fingerprint density at radius 1 is 1.02 bits per heavy atom. The first-order chi connectivity index (χ1) is 20.5. The number of alkyl halides is 3. The van der Waals surface area contributed by atoms with Crippen molar-refractivity contribution in [2.75, 3.05) is 11.9 Å². The lowest BCUT2D eigenvalue weighted by molar-refractivity contribution is -0.142. The largest absolute Gasteiger partial charge is 0.484 e. The molecule has 220 valence electrons. The van der Waals surface area contributed by atoms with Gasteiger partial charge in [-0.3, -0.25) is 4.79 Å². The van der Waals surface area contributed by atoms with Crippen LogP contribution in [0.25, 0.3) is 11.2 Å². The van der Waals surface area contributed by atoms with E-state index in [1.54, 1.807) is 42.0 Å². The molecule has 9 nitrogen and oxygen atoms in total. The van der Waals surface area contributed by atoms with Gasteiger partial charge < -0.3 is 14.7 Å². The van der Waals surface area contributed by atoms with E-state index < -0.39 is 23.9 Å². The van der Waals surface area contributed by atoms with Crippen molar-refractivity contribution in [2.24, 2.45) is 0 Å². The van der Waals surface area contributed by atoms with Crippen molar-refractivity contribution in [3.8, 4) is 11.4 Å². The van der Waals surface area contributed by atoms with Crippen LogP contribution in [0.15, 0.2) is 72.9 Å². The van der Waals surface area contributed by atoms with Crippen LogP contribution in [0.3, 0.4) is 0 Å². The van der Waals surface area contributed by atoms with E-state index in [4.69, 9.17) is 4.74 Å². The summed E-state index contributed by atoms with van der Waals surface area (Å²) in [6.45, 7) is 1.87. The molecule has 1 N–H and O–H groups in total. The quantitative estimate of drug-likeness (QED) is 0.250. The standard InChI is InChI=1S/C31H26F3N5O4/c1-18-15-21-11-12-23(17-38(21)35-18)37(2)29(40)20-5-3-6-22(16-20)39-27-25(28(36-39)31(32,33)34)7-4-8-26(27)43-24-13-9-19(10-14-24)30(41)42/h3,5-6,9-17,26H,4,7-8H2,1-2H3,(H,41,42). The molecule has 0 radical (unpaired) electrons. The van der Waals surface area contributed by atoms with E-state index in [1.165, 1.54) is 39.9 Å². The summed E-state index contributed by atoms with van der Waals surface area (Å²) >= 11 is 0. The summed E-state index contributed by atoms with van der Waals surface area (Å²) in [6.07, 6.45) is -2.71. The molecule has 0 aliphatic heterocycles. The fourth-order valence-corrected chi connectivity index (χ4v) is 5.40. The molecule has 43 heavy (non-hydrogen) atoms. The van der Waals surface area contributed by atoms with E-state index in [2.05, 4.69) is 10.2 Å². The Bertz CT molecular complexity index is 1860. The van der Waals surface area contributed by atoms with Crippen molar-refractivity contribution in [3.63, 3.8) is 0 Å². The number of carbonyl (C=O) groups is 2. The number of pyridine rings is 1. The molecule has 0 saturated heterocycles. The van der Waals surface area contributed by atoms with Crippen LogP contribution < -0.4 is 9.64 Å². The van der Waals surface area contributed by atoms with Crippen molar-refractivity contribution < 1.29 is 32.6 Å². The number of aromatic carboxylic acids is 1. The maximum absolute atomic E-state index is 14.2. The summed E-state index contributed by atoms with van der Waals surface area (Å²) in [6, 6.07) is 17.5. The maximum atomic E-state index is 14.2. The third kappa shape index (κ3) is 5.31. The highest BCUT2D eigenvalue weighted by Crippen LogP contribution is 2.42. The Morgan fingerprint density at radius 2 is 1.79 bits per heavy atom. The second kappa shape index (κ2) is 10.6. The minimum absolute atomic E-state index is 0.0440. The number of aromatic nitrogens is 4. The molecule has 0 saturated carbocycles. The first-order valence-electron chi connectivity index (χ1n) is 13.5. The SMILES string of the molecule is Cc1cc2ccc(N(C)C(=O)c3cccc(-n4nc(C(F)(F)F)c5c4C(Oc4ccc(C(=O)O)cc4)CCC5)c3)cn2n1. The highest BCUT2D eigenvalue weighted by molar-refractivity contribution is 6.06. The van der Waals surface area contributed by atoms with E-state index in [9.17, 15) is 27.9 Å². The van der Waals surface area contributed by atoms with E-state index in [-0.39, 0.29) is 40.4 Å². The summed E-state index contributed by atoms with van der Waals surface area (Å²) in [5.74, 6) is -1.15. The zero-order chi connectivity index (χ0) is 30.5. The van der Waals surface area contributed by atoms with Crippen molar-refractivity contribution in [3.05, 3.63) is 107 Å². The van der Waals surface area contributed by atoms with Gasteiger partial charge in [0.2, 0.25) is 0 Å². The van der Waals surface area contributed by atoms with Gasteiger partial charge >= 0.3 is 12.1 Å². The topological polar surface area (TPSA) is 102 Å². The number of anilines is 1. The number of halogens is 3. The van der Waals surface area contributed by atoms with Crippen LogP contribution in [0, 0.1) is 6.92 Å². The lowest BCUT2D eigenvalue weighted by Crippen LogP contribution is -2.26. The van der Waals surface area contributed by atoms with Gasteiger partial charge in [-0.25, -0.2) is 14.0 Å². The van der Waals surface area contributed by atoms with Gasteiger partial charge in [-0.1, -0.05) is 6.07 Å². The fourth-order valence-electron chi connectivity index (χ4n) is 5.40. The van der Waals surface area contributed by atoms with Crippen LogP contribution in [0.2, 0.25) is 0 Å². The molecule has 2 aromatic carbocycles. The molecule has 0 spiro atoms. The first kappa shape index (κ1) is 28.0. The lowest BCUT2D eigenvalue weighted by Gasteiger charge is -2.26. The molecule has 1 aliphatic carbocycles. The fraction of sp³-hybridized carbons (Fsp3) is 0.226. The molecule has 1 aliphatic rings. The van der Waals surface area contributed by atoms with Gasteiger partial charge in [0.1, 0.15) is 11.9 Å². The van der Waals surface area contributed by atoms with Crippen LogP contribution in [-0.4, -0.2) is 43.4 Å². The van der Waals surface area contributed by atoms with E-state index in [1.807, 2.05) is 19.1 Å². The summed E-state index contributed by atoms with van der Waals surface area (Å²) in [4.78, 5) is 26.2. The highest BCUT2D eigenvalue weighted by atomic mass is 19.4. The van der Waals surface area contributed by atoms with Crippen molar-refractivity contribution in [2.45, 2.75) is 38.5 Å². The van der Waals surface area contributed by atoms with Gasteiger partial charge in [-0.15, -0.1) is 0 Å². The maximum Gasteiger partial charge on any atom is 0.435 e. The third-order valence-electron chi connectivity index (χ3n) is 7.47. The molecule has 6 rings (SSSR count). The molecule has 1 atom stereocenters. The molecule has 12 heteroatoms. The molecular weight excluding hydrogens is 563 g/mol. The van der Waals surface area contributed by atoms with Crippen LogP contribution in [0.5, 0.6) is 5.75 Å². The number of ether oxygens (including phenoxy) is 1. The van der Waals surface area contributed by atoms with Gasteiger partial charge in [0.15, 0.2) is 5.69 Å². The second-order valence-corrected chi connectivity index (χ2v) is 10.4. The molecular formula is C31H26F3N5O4. The number of rotatable bonds is 6. The van der Waals surface area contributed by atoms with E-state index in [0.29, 0.717) is 24.3 Å². The Balaban J connectivity index is 1.37. The van der Waals surface area contributed by atoms with Gasteiger partial charge in [0.05, 0.1) is 40.0 Å². The average molecular weight is 590 g/mol. The molecule has 3 aromatic heterocycles. The Labute approximate surface area is 243 Å². The van der Waals surface area contributed by atoms with Gasteiger partial charge in [0.25, 0.3) is 5.91 Å². The number of carboxylic acid groups (broad SMARTS) is 1. The summed E-state index contributed by atoms with van der Waals surface area (Å²) in [5.41, 5.74) is 2.20. The summed E-state index contributed by atoms with van der Waals surface area (Å²) in [7, 11) is 1.61. The van der Waals surface area contributed by atoms with Crippen LogP contribution in [0.4, 0.5) is 18.9 Å². The van der Waals surface area contributed by atoms with Crippen LogP contribution in [0.1, 0.15) is 62.3 Å². The zero-order valence-electron chi connectivity index (χ0n) is 23.2. The number of aryl methyl sites for hydroxylation is 1. The predicted octanol–water partition coefficient (Wildman–Crippen LogP) is 6.28. The lowest BCUT2D eigenvalue weighted by atomic mass is 9.92. The predicted molar refractivity (Wildman–Crippen MR) is 151 cm³/mol. The van der Waals surface area contributed by atoms with Gasteiger partial charge in [0, 0.05) is 18.2 Å². The monoisotopic (exact) mass is 589 g/mol. The van der Waals surface area contributed by atoms with Crippen molar-refractivity contribution in [1.82, 2.24) is 19.4 Å². The minimum atomic E-state index is -4.70. The highest BCUT2D eigenvalue weighted by Gasteiger charge is 2.42. The Morgan fingerprint density at radius 3 is 2.51 bits per heavy atom. The number of benzene rings is 2. The smallest absolute Gasteiger partial charge is 0.435 e. The number of amides is 1. The van der Waals surface area contributed by atoms with Crippen molar-refractivity contribution in [1.29, 1.82) is 0 Å². The molecule has 5 aromatic rings. The minimum Gasteiger partial charge on any atom is -0.484 e. The molecule has 1 amide bonds. The van der Waals surface area contributed by atoms with Crippen molar-refractivity contribution >= 4 is 23.1 Å². The number of carboxylic acids is 1. The molecule has 1 unspecified atom stereocenters. The Kier molecular flexibility index (Phi) is 6.91. The first-order valence-corrected chi connectivity index (χ1v) is 13.5. The number of nitrogens with zero attached hydrogens (tertiary/aromatic N) is 5. The molecule has 0 fully saturated rings. The number of carbonyl (C=O) groups excluding carboxylic acids is 1. The van der Waals surface area contributed by atoms with Crippen LogP contribution >= 0.6 is 0 Å². The third-order valence-corrected chi connectivity index (χ3v) is 7.47. The molecule has 0 bridgehead atoms. The number of hydrogen-bond donors (Lipinski definition) is 1. The molecule has 3 heterocycles. The Hall–Kier alpha value is -5.13. The number of hydrogen-bond acceptors (Lipinski definition) is 5.